The monoisotopic (exact) mass is 498 g/mol. The molecule has 1 atom stereocenters. The van der Waals surface area contributed by atoms with E-state index in [0.29, 0.717) is 29.6 Å². The Hall–Kier alpha value is -3.25. The van der Waals surface area contributed by atoms with E-state index in [1.165, 1.54) is 12.3 Å². The van der Waals surface area contributed by atoms with Gasteiger partial charge in [0.2, 0.25) is 0 Å². The Morgan fingerprint density at radius 2 is 2.06 bits per heavy atom. The van der Waals surface area contributed by atoms with Gasteiger partial charge in [0.25, 0.3) is 0 Å². The first-order valence-electron chi connectivity index (χ1n) is 11.5. The van der Waals surface area contributed by atoms with Crippen molar-refractivity contribution in [2.75, 3.05) is 30.3 Å². The number of halogens is 1. The Labute approximate surface area is 206 Å². The van der Waals surface area contributed by atoms with Crippen molar-refractivity contribution in [2.45, 2.75) is 49.2 Å². The van der Waals surface area contributed by atoms with Crippen LogP contribution in [0, 0.1) is 18.2 Å². The normalized spacial score (nSPS) is 18.6. The molecule has 184 valence electrons. The molecule has 0 saturated carbocycles. The van der Waals surface area contributed by atoms with Gasteiger partial charge in [-0.25, -0.2) is 24.1 Å². The summed E-state index contributed by atoms with van der Waals surface area (Å²) < 4.78 is 21.7. The van der Waals surface area contributed by atoms with Crippen LogP contribution < -0.4 is 16.4 Å². The molecule has 0 radical (unpaired) electrons. The van der Waals surface area contributed by atoms with Crippen molar-refractivity contribution in [1.82, 2.24) is 24.7 Å². The van der Waals surface area contributed by atoms with Crippen molar-refractivity contribution < 1.29 is 13.9 Å². The van der Waals surface area contributed by atoms with Crippen LogP contribution in [0.4, 0.5) is 16.0 Å². The molecule has 2 aliphatic heterocycles. The Balaban J connectivity index is 1.43. The van der Waals surface area contributed by atoms with E-state index < -0.39 is 11.8 Å². The third-order valence-electron chi connectivity index (χ3n) is 6.82. The van der Waals surface area contributed by atoms with E-state index >= 15 is 0 Å². The molecule has 3 aromatic rings. The highest BCUT2D eigenvalue weighted by Gasteiger charge is 2.47. The molecule has 0 bridgehead atoms. The molecule has 1 saturated heterocycles. The van der Waals surface area contributed by atoms with E-state index in [-0.39, 0.29) is 34.5 Å². The second-order valence-electron chi connectivity index (χ2n) is 8.86. The van der Waals surface area contributed by atoms with E-state index in [1.807, 2.05) is 10.7 Å². The van der Waals surface area contributed by atoms with Crippen LogP contribution in [0.3, 0.4) is 0 Å². The van der Waals surface area contributed by atoms with Gasteiger partial charge >= 0.3 is 5.97 Å². The molecule has 0 aliphatic carbocycles. The lowest BCUT2D eigenvalue weighted by Crippen LogP contribution is -2.45. The zero-order valence-electron chi connectivity index (χ0n) is 19.6. The molecule has 10 nitrogen and oxygen atoms in total. The molecular weight excluding hydrogens is 471 g/mol. The number of piperidine rings is 1. The molecule has 1 spiro atoms. The molecule has 5 rings (SSSR count). The van der Waals surface area contributed by atoms with Gasteiger partial charge in [-0.1, -0.05) is 11.8 Å². The minimum atomic E-state index is -0.630. The van der Waals surface area contributed by atoms with Crippen LogP contribution in [-0.4, -0.2) is 50.4 Å². The molecular formula is C23H27FN8O2S. The fourth-order valence-electron chi connectivity index (χ4n) is 4.85. The molecule has 35 heavy (non-hydrogen) atoms. The van der Waals surface area contributed by atoms with Crippen LogP contribution in [0.25, 0.3) is 0 Å². The second kappa shape index (κ2) is 9.08. The van der Waals surface area contributed by atoms with Crippen LogP contribution in [0.15, 0.2) is 34.4 Å². The zero-order chi connectivity index (χ0) is 24.7. The van der Waals surface area contributed by atoms with Gasteiger partial charge in [-0.05, 0) is 38.8 Å². The molecule has 1 fully saturated rings. The Morgan fingerprint density at radius 1 is 1.29 bits per heavy atom. The van der Waals surface area contributed by atoms with Crippen molar-refractivity contribution in [1.29, 1.82) is 0 Å². The van der Waals surface area contributed by atoms with Crippen molar-refractivity contribution in [2.24, 2.45) is 11.1 Å². The van der Waals surface area contributed by atoms with Gasteiger partial charge in [-0.15, -0.1) is 0 Å². The fraction of sp³-hybridized carbons (Fsp3) is 0.435. The summed E-state index contributed by atoms with van der Waals surface area (Å²) in [6.45, 7) is 5.85. The van der Waals surface area contributed by atoms with Crippen LogP contribution in [0.1, 0.15) is 47.7 Å². The summed E-state index contributed by atoms with van der Waals surface area (Å²) in [5, 5.41) is 4.80. The highest BCUT2D eigenvalue weighted by molar-refractivity contribution is 7.99. The standard InChI is InChI=1S/C23H27FN8O2S/c1-3-34-22(33)17-20(29-13(2)21(30-17)35-15-5-8-27-19(26)16(15)24)31-10-6-23(7-11-31)12-32-14(18(23)25)4-9-28-32/h4-5,8-9,18H,3,6-7,10-12,25H2,1-2H3,(H2,26,27)/t18-/m0/s1. The molecule has 0 unspecified atom stereocenters. The van der Waals surface area contributed by atoms with Gasteiger partial charge in [-0.2, -0.15) is 5.10 Å². The van der Waals surface area contributed by atoms with Crippen LogP contribution in [0.5, 0.6) is 0 Å². The zero-order valence-corrected chi connectivity index (χ0v) is 20.4. The van der Waals surface area contributed by atoms with E-state index in [9.17, 15) is 9.18 Å². The minimum Gasteiger partial charge on any atom is -0.461 e. The summed E-state index contributed by atoms with van der Waals surface area (Å²) in [5.41, 5.74) is 13.9. The maximum Gasteiger partial charge on any atom is 0.360 e. The lowest BCUT2D eigenvalue weighted by Gasteiger charge is -2.42. The minimum absolute atomic E-state index is 0.0682. The van der Waals surface area contributed by atoms with Gasteiger partial charge in [-0.3, -0.25) is 4.68 Å². The highest BCUT2D eigenvalue weighted by Crippen LogP contribution is 2.48. The summed E-state index contributed by atoms with van der Waals surface area (Å²) in [6, 6.07) is 3.41. The molecule has 0 aromatic carbocycles. The second-order valence-corrected chi connectivity index (χ2v) is 9.89. The average molecular weight is 499 g/mol. The quantitative estimate of drug-likeness (QED) is 0.505. The number of esters is 1. The number of anilines is 2. The molecule has 2 aliphatic rings. The first-order valence-corrected chi connectivity index (χ1v) is 12.3. The average Bonchev–Trinajstić information content (AvgIpc) is 3.39. The highest BCUT2D eigenvalue weighted by atomic mass is 32.2. The van der Waals surface area contributed by atoms with E-state index in [1.54, 1.807) is 20.0 Å². The molecule has 3 aromatic heterocycles. The Morgan fingerprint density at radius 3 is 2.77 bits per heavy atom. The number of nitrogens with zero attached hydrogens (tertiary/aromatic N) is 6. The maximum absolute atomic E-state index is 14.4. The number of carbonyl (C=O) groups is 1. The SMILES string of the molecule is CCOC(=O)c1nc(Sc2ccnc(N)c2F)c(C)nc1N1CCC2(CC1)Cn1nccc1[C@@H]2N. The number of fused-ring (bicyclic) bond motifs is 1. The van der Waals surface area contributed by atoms with Gasteiger partial charge in [0.05, 0.1) is 28.9 Å². The Bertz CT molecular complexity index is 1270. The number of aryl methyl sites for hydroxylation is 1. The van der Waals surface area contributed by atoms with E-state index in [4.69, 9.17) is 21.2 Å². The van der Waals surface area contributed by atoms with Crippen molar-refractivity contribution >= 4 is 29.4 Å². The number of nitrogen functional groups attached to an aromatic ring is 1. The Kier molecular flexibility index (Phi) is 6.09. The number of hydrogen-bond acceptors (Lipinski definition) is 10. The van der Waals surface area contributed by atoms with Crippen molar-refractivity contribution in [3.8, 4) is 0 Å². The van der Waals surface area contributed by atoms with Gasteiger partial charge in [0, 0.05) is 37.4 Å². The lowest BCUT2D eigenvalue weighted by molar-refractivity contribution is 0.0518. The first-order chi connectivity index (χ1) is 16.8. The first kappa shape index (κ1) is 23.5. The van der Waals surface area contributed by atoms with E-state index in [0.717, 1.165) is 36.8 Å². The third-order valence-corrected chi connectivity index (χ3v) is 7.93. The van der Waals surface area contributed by atoms with Crippen LogP contribution in [-0.2, 0) is 11.3 Å². The predicted octanol–water partition coefficient (Wildman–Crippen LogP) is 2.73. The largest absolute Gasteiger partial charge is 0.461 e. The number of pyridine rings is 1. The van der Waals surface area contributed by atoms with Crippen molar-refractivity contribution in [3.05, 3.63) is 47.4 Å². The summed E-state index contributed by atoms with van der Waals surface area (Å²) in [5.74, 6) is -0.921. The molecule has 5 heterocycles. The molecule has 12 heteroatoms. The summed E-state index contributed by atoms with van der Waals surface area (Å²) in [4.78, 5) is 28.2. The number of nitrogens with two attached hydrogens (primary N) is 2. The summed E-state index contributed by atoms with van der Waals surface area (Å²) >= 11 is 1.05. The van der Waals surface area contributed by atoms with Crippen LogP contribution in [0.2, 0.25) is 0 Å². The number of carbonyl (C=O) groups excluding carboxylic acids is 1. The summed E-state index contributed by atoms with van der Waals surface area (Å²) in [6.07, 6.45) is 4.87. The number of rotatable bonds is 5. The number of ether oxygens (including phenoxy) is 1. The lowest BCUT2D eigenvalue weighted by atomic mass is 9.73. The molecule has 0 amide bonds. The summed E-state index contributed by atoms with van der Waals surface area (Å²) in [7, 11) is 0. The third kappa shape index (κ3) is 4.10. The van der Waals surface area contributed by atoms with Gasteiger partial charge in [0.15, 0.2) is 23.1 Å². The number of aromatic nitrogens is 5. The van der Waals surface area contributed by atoms with Gasteiger partial charge < -0.3 is 21.1 Å². The smallest absolute Gasteiger partial charge is 0.360 e. The number of hydrogen-bond donors (Lipinski definition) is 2. The maximum atomic E-state index is 14.4. The fourth-order valence-corrected chi connectivity index (χ4v) is 5.71. The van der Waals surface area contributed by atoms with E-state index in [2.05, 4.69) is 20.0 Å². The predicted molar refractivity (Wildman–Crippen MR) is 128 cm³/mol. The van der Waals surface area contributed by atoms with Crippen LogP contribution >= 0.6 is 11.8 Å². The van der Waals surface area contributed by atoms with Gasteiger partial charge in [0.1, 0.15) is 5.03 Å². The van der Waals surface area contributed by atoms with Crippen molar-refractivity contribution in [3.63, 3.8) is 0 Å². The topological polar surface area (TPSA) is 138 Å². The molecule has 4 N–H and O–H groups in total.